The summed E-state index contributed by atoms with van der Waals surface area (Å²) in [6, 6.07) is 11.5. The highest BCUT2D eigenvalue weighted by Crippen LogP contribution is 2.12. The fourth-order valence-electron chi connectivity index (χ4n) is 3.35. The molecule has 0 aliphatic carbocycles. The molecule has 160 valence electrons. The summed E-state index contributed by atoms with van der Waals surface area (Å²) in [6.07, 6.45) is 0. The van der Waals surface area contributed by atoms with Crippen LogP contribution in [-0.4, -0.2) is 60.4 Å². The van der Waals surface area contributed by atoms with Crippen LogP contribution in [0.5, 0.6) is 0 Å². The van der Waals surface area contributed by atoms with Crippen LogP contribution in [0.4, 0.5) is 14.5 Å². The lowest BCUT2D eigenvalue weighted by Crippen LogP contribution is -2.54. The number of hydrogen-bond donors (Lipinski definition) is 2. The Morgan fingerprint density at radius 1 is 1.00 bits per heavy atom. The van der Waals surface area contributed by atoms with E-state index in [0.717, 1.165) is 5.56 Å². The molecule has 1 saturated heterocycles. The number of rotatable bonds is 7. The zero-order valence-electron chi connectivity index (χ0n) is 16.9. The van der Waals surface area contributed by atoms with Crippen LogP contribution in [0.1, 0.15) is 12.5 Å². The van der Waals surface area contributed by atoms with E-state index in [9.17, 15) is 18.4 Å². The third kappa shape index (κ3) is 6.33. The summed E-state index contributed by atoms with van der Waals surface area (Å²) >= 11 is 0. The van der Waals surface area contributed by atoms with Gasteiger partial charge in [0.25, 0.3) is 0 Å². The second-order valence-corrected chi connectivity index (χ2v) is 7.39. The van der Waals surface area contributed by atoms with Gasteiger partial charge in [0.05, 0.1) is 12.6 Å². The third-order valence-electron chi connectivity index (χ3n) is 5.20. The Kier molecular flexibility index (Phi) is 7.48. The predicted molar refractivity (Wildman–Crippen MR) is 111 cm³/mol. The lowest BCUT2D eigenvalue weighted by molar-refractivity contribution is -0.124. The van der Waals surface area contributed by atoms with E-state index in [0.29, 0.717) is 38.4 Å². The molecule has 3 rings (SSSR count). The van der Waals surface area contributed by atoms with Gasteiger partial charge in [-0.2, -0.15) is 0 Å². The van der Waals surface area contributed by atoms with Gasteiger partial charge in [-0.05, 0) is 42.8 Å². The van der Waals surface area contributed by atoms with Gasteiger partial charge in [-0.3, -0.25) is 19.4 Å². The van der Waals surface area contributed by atoms with Crippen LogP contribution in [0.2, 0.25) is 0 Å². The second kappa shape index (κ2) is 10.3. The minimum atomic E-state index is -0.397. The van der Waals surface area contributed by atoms with Crippen molar-refractivity contribution in [2.24, 2.45) is 0 Å². The fourth-order valence-corrected chi connectivity index (χ4v) is 3.35. The summed E-state index contributed by atoms with van der Waals surface area (Å²) < 4.78 is 26.2. The lowest BCUT2D eigenvalue weighted by Gasteiger charge is -2.37. The highest BCUT2D eigenvalue weighted by atomic mass is 19.1. The Bertz CT molecular complexity index is 868. The molecule has 1 unspecified atom stereocenters. The van der Waals surface area contributed by atoms with Crippen molar-refractivity contribution in [3.05, 3.63) is 65.7 Å². The minimum Gasteiger partial charge on any atom is -0.351 e. The number of nitrogens with one attached hydrogen (secondary N) is 2. The van der Waals surface area contributed by atoms with Crippen LogP contribution in [-0.2, 0) is 16.1 Å². The van der Waals surface area contributed by atoms with E-state index in [1.165, 1.54) is 24.3 Å². The summed E-state index contributed by atoms with van der Waals surface area (Å²) in [5.41, 5.74) is 1.27. The number of nitrogens with zero attached hydrogens (tertiary/aromatic N) is 2. The smallest absolute Gasteiger partial charge is 0.241 e. The zero-order valence-corrected chi connectivity index (χ0v) is 16.9. The van der Waals surface area contributed by atoms with Gasteiger partial charge in [0.15, 0.2) is 0 Å². The number of carbonyl (C=O) groups excluding carboxylic acids is 2. The van der Waals surface area contributed by atoms with Crippen molar-refractivity contribution in [2.75, 3.05) is 38.0 Å². The molecule has 1 aliphatic rings. The van der Waals surface area contributed by atoms with Gasteiger partial charge in [0, 0.05) is 38.4 Å². The van der Waals surface area contributed by atoms with Crippen molar-refractivity contribution < 1.29 is 18.4 Å². The van der Waals surface area contributed by atoms with Crippen LogP contribution in [0.25, 0.3) is 0 Å². The van der Waals surface area contributed by atoms with Gasteiger partial charge >= 0.3 is 0 Å². The van der Waals surface area contributed by atoms with Crippen LogP contribution in [0, 0.1) is 11.6 Å². The molecule has 0 saturated carbocycles. The molecule has 6 nitrogen and oxygen atoms in total. The van der Waals surface area contributed by atoms with E-state index in [2.05, 4.69) is 10.6 Å². The van der Waals surface area contributed by atoms with E-state index in [-0.39, 0.29) is 30.2 Å². The molecule has 2 amide bonds. The Hall–Kier alpha value is -2.84. The highest BCUT2D eigenvalue weighted by molar-refractivity contribution is 5.94. The Morgan fingerprint density at radius 3 is 2.37 bits per heavy atom. The molecule has 0 radical (unpaired) electrons. The van der Waals surface area contributed by atoms with Gasteiger partial charge < -0.3 is 10.6 Å². The maximum Gasteiger partial charge on any atom is 0.241 e. The molecule has 2 aromatic rings. The van der Waals surface area contributed by atoms with Crippen molar-refractivity contribution in [1.29, 1.82) is 0 Å². The molecule has 0 spiro atoms. The Balaban J connectivity index is 1.39. The first-order valence-corrected chi connectivity index (χ1v) is 9.94. The van der Waals surface area contributed by atoms with Gasteiger partial charge in [-0.25, -0.2) is 8.78 Å². The van der Waals surface area contributed by atoms with Gasteiger partial charge in [-0.1, -0.05) is 18.2 Å². The maximum atomic E-state index is 13.3. The molecule has 30 heavy (non-hydrogen) atoms. The molecule has 0 bridgehead atoms. The highest BCUT2D eigenvalue weighted by Gasteiger charge is 2.26. The molecule has 2 N–H and O–H groups in total. The number of piperazine rings is 1. The number of carbonyl (C=O) groups is 2. The predicted octanol–water partition coefficient (Wildman–Crippen LogP) is 2.23. The monoisotopic (exact) mass is 416 g/mol. The number of halogens is 2. The molecule has 1 fully saturated rings. The molecular weight excluding hydrogens is 390 g/mol. The Labute approximate surface area is 174 Å². The van der Waals surface area contributed by atoms with Crippen LogP contribution >= 0.6 is 0 Å². The number of hydrogen-bond acceptors (Lipinski definition) is 4. The summed E-state index contributed by atoms with van der Waals surface area (Å²) in [7, 11) is 0. The number of benzene rings is 2. The molecule has 1 atom stereocenters. The molecule has 0 aromatic heterocycles. The second-order valence-electron chi connectivity index (χ2n) is 7.39. The topological polar surface area (TPSA) is 64.7 Å². The van der Waals surface area contributed by atoms with Crippen LogP contribution in [0.3, 0.4) is 0 Å². The summed E-state index contributed by atoms with van der Waals surface area (Å²) in [6.45, 7) is 5.10. The standard InChI is InChI=1S/C22H26F2N4O2/c1-16(22(30)26-20-4-2-3-19(24)13-20)28-11-9-27(10-12-28)15-21(29)25-14-17-5-7-18(23)8-6-17/h2-8,13,16H,9-12,14-15H2,1H3,(H,25,29)(H,26,30). The average Bonchev–Trinajstić information content (AvgIpc) is 2.73. The maximum absolute atomic E-state index is 13.3. The molecular formula is C22H26F2N4O2. The van der Waals surface area contributed by atoms with E-state index in [1.54, 1.807) is 24.3 Å². The summed E-state index contributed by atoms with van der Waals surface area (Å²) in [4.78, 5) is 28.7. The minimum absolute atomic E-state index is 0.0929. The van der Waals surface area contributed by atoms with E-state index < -0.39 is 5.82 Å². The van der Waals surface area contributed by atoms with Crippen molar-refractivity contribution in [3.63, 3.8) is 0 Å². The first-order valence-electron chi connectivity index (χ1n) is 9.94. The molecule has 1 heterocycles. The van der Waals surface area contributed by atoms with Gasteiger partial charge in [0.2, 0.25) is 11.8 Å². The number of amides is 2. The van der Waals surface area contributed by atoms with Crippen molar-refractivity contribution in [1.82, 2.24) is 15.1 Å². The van der Waals surface area contributed by atoms with Crippen molar-refractivity contribution in [2.45, 2.75) is 19.5 Å². The average molecular weight is 416 g/mol. The lowest BCUT2D eigenvalue weighted by atomic mass is 10.2. The number of anilines is 1. The van der Waals surface area contributed by atoms with E-state index in [1.807, 2.05) is 16.7 Å². The van der Waals surface area contributed by atoms with Crippen molar-refractivity contribution >= 4 is 17.5 Å². The van der Waals surface area contributed by atoms with E-state index in [4.69, 9.17) is 0 Å². The fraction of sp³-hybridized carbons (Fsp3) is 0.364. The van der Waals surface area contributed by atoms with Crippen LogP contribution < -0.4 is 10.6 Å². The molecule has 2 aromatic carbocycles. The summed E-state index contributed by atoms with van der Waals surface area (Å²) in [5.74, 6) is -0.982. The van der Waals surface area contributed by atoms with E-state index >= 15 is 0 Å². The SMILES string of the molecule is CC(C(=O)Nc1cccc(F)c1)N1CCN(CC(=O)NCc2ccc(F)cc2)CC1. The normalized spacial score (nSPS) is 16.1. The first kappa shape index (κ1) is 21.9. The Morgan fingerprint density at radius 2 is 1.70 bits per heavy atom. The largest absolute Gasteiger partial charge is 0.351 e. The van der Waals surface area contributed by atoms with Crippen LogP contribution in [0.15, 0.2) is 48.5 Å². The molecule has 1 aliphatic heterocycles. The summed E-state index contributed by atoms with van der Waals surface area (Å²) in [5, 5.41) is 5.58. The zero-order chi connectivity index (χ0) is 21.5. The van der Waals surface area contributed by atoms with Gasteiger partial charge in [0.1, 0.15) is 11.6 Å². The molecule has 8 heteroatoms. The first-order chi connectivity index (χ1) is 14.4. The third-order valence-corrected chi connectivity index (χ3v) is 5.20. The van der Waals surface area contributed by atoms with Crippen molar-refractivity contribution in [3.8, 4) is 0 Å². The quantitative estimate of drug-likeness (QED) is 0.727. The van der Waals surface area contributed by atoms with Gasteiger partial charge in [-0.15, -0.1) is 0 Å².